The summed E-state index contributed by atoms with van der Waals surface area (Å²) in [6.07, 6.45) is 9.15. The Morgan fingerprint density at radius 1 is 1.09 bits per heavy atom. The molecule has 5 heteroatoms. The Hall–Kier alpha value is -3.34. The summed E-state index contributed by atoms with van der Waals surface area (Å²) in [5.41, 5.74) is 5.69. The molecule has 0 spiro atoms. The van der Waals surface area contributed by atoms with Gasteiger partial charge >= 0.3 is 11.9 Å². The van der Waals surface area contributed by atoms with Crippen LogP contribution in [0, 0.1) is 0 Å². The summed E-state index contributed by atoms with van der Waals surface area (Å²) in [6, 6.07) is 16.7. The third kappa shape index (κ3) is 4.58. The standard InChI is InChI=1S/C28H32N2O3/c1-4-29-23-15-9-10-16-24(23)33-26(29)18-12-17-25-28(2,3)21-13-7-8-14-22(21)30(25)20-11-5-6-19-27(31)32/h7-10,12-18H,4-6,11,19-20H2,1-3H3/p+1. The summed E-state index contributed by atoms with van der Waals surface area (Å²) >= 11 is 0. The molecule has 0 radical (unpaired) electrons. The highest BCUT2D eigenvalue weighted by molar-refractivity contribution is 5.72. The lowest BCUT2D eigenvalue weighted by atomic mass is 9.84. The number of fused-ring (bicyclic) bond motifs is 2. The summed E-state index contributed by atoms with van der Waals surface area (Å²) < 4.78 is 8.27. The van der Waals surface area contributed by atoms with Crippen molar-refractivity contribution < 1.29 is 18.9 Å². The number of allylic oxidation sites excluding steroid dienone is 3. The van der Waals surface area contributed by atoms with Crippen LogP contribution in [0.3, 0.4) is 0 Å². The number of carboxylic acids is 1. The summed E-state index contributed by atoms with van der Waals surface area (Å²) in [4.78, 5) is 13.2. The Bertz CT molecular complexity index is 1200. The minimum Gasteiger partial charge on any atom is -0.481 e. The number of hydrogen-bond donors (Lipinski definition) is 1. The molecule has 0 amide bonds. The predicted octanol–water partition coefficient (Wildman–Crippen LogP) is 6.08. The average Bonchev–Trinajstić information content (AvgIpc) is 3.26. The van der Waals surface area contributed by atoms with Gasteiger partial charge in [0.1, 0.15) is 6.54 Å². The van der Waals surface area contributed by atoms with Gasteiger partial charge in [0.05, 0.1) is 6.08 Å². The van der Waals surface area contributed by atoms with E-state index in [2.05, 4.69) is 72.7 Å². The fraction of sp³-hybridized carbons (Fsp3) is 0.357. The van der Waals surface area contributed by atoms with Crippen molar-refractivity contribution in [3.63, 3.8) is 0 Å². The number of nitrogens with zero attached hydrogens (tertiary/aromatic N) is 2. The van der Waals surface area contributed by atoms with E-state index in [-0.39, 0.29) is 11.8 Å². The van der Waals surface area contributed by atoms with Gasteiger partial charge in [-0.25, -0.2) is 0 Å². The molecule has 1 aliphatic heterocycles. The zero-order chi connectivity index (χ0) is 23.4. The lowest BCUT2D eigenvalue weighted by Crippen LogP contribution is -2.33. The molecule has 0 fully saturated rings. The molecule has 2 aromatic carbocycles. The summed E-state index contributed by atoms with van der Waals surface area (Å²) in [7, 11) is 0. The van der Waals surface area contributed by atoms with Gasteiger partial charge in [-0.2, -0.15) is 4.57 Å². The van der Waals surface area contributed by atoms with Gasteiger partial charge in [-0.1, -0.05) is 56.7 Å². The van der Waals surface area contributed by atoms with Gasteiger partial charge in [0, 0.05) is 35.8 Å². The summed E-state index contributed by atoms with van der Waals surface area (Å²) in [6.45, 7) is 8.37. The monoisotopic (exact) mass is 445 g/mol. The first-order valence-electron chi connectivity index (χ1n) is 11.8. The number of rotatable bonds is 9. The first-order chi connectivity index (χ1) is 15.9. The van der Waals surface area contributed by atoms with Crippen LogP contribution in [0.5, 0.6) is 0 Å². The van der Waals surface area contributed by atoms with Crippen LogP contribution in [0.2, 0.25) is 0 Å². The van der Waals surface area contributed by atoms with E-state index in [1.165, 1.54) is 16.9 Å². The number of unbranched alkanes of at least 4 members (excludes halogenated alkanes) is 2. The number of hydrogen-bond acceptors (Lipinski definition) is 3. The number of aryl methyl sites for hydroxylation is 1. The summed E-state index contributed by atoms with van der Waals surface area (Å²) in [5.74, 6) is 0.118. The van der Waals surface area contributed by atoms with Gasteiger partial charge in [-0.3, -0.25) is 4.79 Å². The zero-order valence-electron chi connectivity index (χ0n) is 19.8. The zero-order valence-corrected chi connectivity index (χ0v) is 19.8. The molecule has 2 heterocycles. The fourth-order valence-electron chi connectivity index (χ4n) is 4.83. The molecule has 1 N–H and O–H groups in total. The van der Waals surface area contributed by atoms with E-state index in [0.717, 1.165) is 49.3 Å². The van der Waals surface area contributed by atoms with Crippen LogP contribution >= 0.6 is 0 Å². The first kappa shape index (κ1) is 22.8. The number of aromatic nitrogens is 1. The molecule has 1 aliphatic rings. The number of aliphatic carboxylic acids is 1. The maximum Gasteiger partial charge on any atom is 0.374 e. The maximum absolute atomic E-state index is 10.8. The highest BCUT2D eigenvalue weighted by atomic mass is 16.4. The van der Waals surface area contributed by atoms with Crippen molar-refractivity contribution in [3.05, 3.63) is 77.8 Å². The van der Waals surface area contributed by atoms with Gasteiger partial charge in [0.2, 0.25) is 5.58 Å². The number of benzene rings is 2. The average molecular weight is 446 g/mol. The Labute approximate surface area is 195 Å². The van der Waals surface area contributed by atoms with Crippen molar-refractivity contribution >= 4 is 28.8 Å². The lowest BCUT2D eigenvalue weighted by molar-refractivity contribution is -0.674. The molecule has 4 rings (SSSR count). The molecular weight excluding hydrogens is 412 g/mol. The number of anilines is 1. The minimum atomic E-state index is -0.719. The van der Waals surface area contributed by atoms with E-state index in [1.807, 2.05) is 24.3 Å². The van der Waals surface area contributed by atoms with Gasteiger partial charge in [-0.05, 0) is 43.5 Å². The van der Waals surface area contributed by atoms with Crippen LogP contribution < -0.4 is 9.47 Å². The second-order valence-corrected chi connectivity index (χ2v) is 9.06. The number of para-hydroxylation sites is 3. The first-order valence-corrected chi connectivity index (χ1v) is 11.8. The molecule has 172 valence electrons. The van der Waals surface area contributed by atoms with E-state index in [0.29, 0.717) is 0 Å². The molecule has 0 saturated carbocycles. The van der Waals surface area contributed by atoms with Crippen molar-refractivity contribution in [1.29, 1.82) is 0 Å². The molecule has 1 aromatic heterocycles. The molecule has 3 aromatic rings. The summed E-state index contributed by atoms with van der Waals surface area (Å²) in [5, 5.41) is 8.90. The number of carboxylic acid groups (broad SMARTS) is 1. The van der Waals surface area contributed by atoms with Crippen LogP contribution in [-0.2, 0) is 16.8 Å². The molecule has 0 saturated heterocycles. The third-order valence-electron chi connectivity index (χ3n) is 6.52. The normalized spacial score (nSPS) is 16.2. The van der Waals surface area contributed by atoms with Crippen LogP contribution in [0.25, 0.3) is 17.2 Å². The topological polar surface area (TPSA) is 57.6 Å². The van der Waals surface area contributed by atoms with E-state index < -0.39 is 5.97 Å². The highest BCUT2D eigenvalue weighted by Gasteiger charge is 2.39. The maximum atomic E-state index is 10.8. The number of carbonyl (C=O) groups is 1. The van der Waals surface area contributed by atoms with Crippen LogP contribution in [0.1, 0.15) is 57.9 Å². The second kappa shape index (κ2) is 9.65. The van der Waals surface area contributed by atoms with Crippen LogP contribution in [0.4, 0.5) is 5.69 Å². The van der Waals surface area contributed by atoms with Crippen molar-refractivity contribution in [3.8, 4) is 0 Å². The van der Waals surface area contributed by atoms with Crippen molar-refractivity contribution in [2.24, 2.45) is 0 Å². The largest absolute Gasteiger partial charge is 0.481 e. The third-order valence-corrected chi connectivity index (χ3v) is 6.52. The Kier molecular flexibility index (Phi) is 6.68. The molecule has 0 unspecified atom stereocenters. The number of oxazole rings is 1. The SMILES string of the molecule is CC[n+]1c(C=CC=C2N(CCCCCC(=O)O)c3ccccc3C2(C)C)oc2ccccc21. The van der Waals surface area contributed by atoms with Gasteiger partial charge in [0.15, 0.2) is 0 Å². The Morgan fingerprint density at radius 2 is 1.85 bits per heavy atom. The van der Waals surface area contributed by atoms with Crippen LogP contribution in [0.15, 0.2) is 70.8 Å². The highest BCUT2D eigenvalue weighted by Crippen LogP contribution is 2.47. The molecular formula is C28H33N2O3+. The van der Waals surface area contributed by atoms with Crippen LogP contribution in [-0.4, -0.2) is 17.6 Å². The van der Waals surface area contributed by atoms with Gasteiger partial charge < -0.3 is 14.4 Å². The van der Waals surface area contributed by atoms with E-state index in [1.54, 1.807) is 0 Å². The molecule has 5 nitrogen and oxygen atoms in total. The molecule has 0 bridgehead atoms. The molecule has 0 atom stereocenters. The molecule has 33 heavy (non-hydrogen) atoms. The van der Waals surface area contributed by atoms with E-state index in [4.69, 9.17) is 9.52 Å². The predicted molar refractivity (Wildman–Crippen MR) is 132 cm³/mol. The van der Waals surface area contributed by atoms with Crippen molar-refractivity contribution in [2.75, 3.05) is 11.4 Å². The van der Waals surface area contributed by atoms with Gasteiger partial charge in [0.25, 0.3) is 5.52 Å². The van der Waals surface area contributed by atoms with E-state index >= 15 is 0 Å². The fourth-order valence-corrected chi connectivity index (χ4v) is 4.83. The van der Waals surface area contributed by atoms with E-state index in [9.17, 15) is 4.79 Å². The van der Waals surface area contributed by atoms with Gasteiger partial charge in [-0.15, -0.1) is 0 Å². The Balaban J connectivity index is 1.60. The Morgan fingerprint density at radius 3 is 2.64 bits per heavy atom. The quantitative estimate of drug-likeness (QED) is 0.320. The minimum absolute atomic E-state index is 0.114. The molecule has 0 aliphatic carbocycles. The lowest BCUT2D eigenvalue weighted by Gasteiger charge is -2.27. The second-order valence-electron chi connectivity index (χ2n) is 9.06. The smallest absolute Gasteiger partial charge is 0.374 e. The van der Waals surface area contributed by atoms with Crippen molar-refractivity contribution in [2.45, 2.75) is 58.4 Å². The van der Waals surface area contributed by atoms with Crippen molar-refractivity contribution in [1.82, 2.24) is 0 Å².